The zero-order valence-electron chi connectivity index (χ0n) is 12.7. The molecule has 0 saturated carbocycles. The Hall–Kier alpha value is -1.85. The second kappa shape index (κ2) is 10.2. The first-order valence-electron chi connectivity index (χ1n) is 6.33. The van der Waals surface area contributed by atoms with Crippen molar-refractivity contribution in [1.82, 2.24) is 0 Å². The summed E-state index contributed by atoms with van der Waals surface area (Å²) in [5.41, 5.74) is 0. The molecule has 0 aliphatic carbocycles. The van der Waals surface area contributed by atoms with Gasteiger partial charge in [0.1, 0.15) is 6.42 Å². The Bertz CT molecular complexity index is 504. The fraction of sp³-hybridized carbons (Fsp3) is 0.462. The summed E-state index contributed by atoms with van der Waals surface area (Å²) in [6.07, 6.45) is -4.02. The van der Waals surface area contributed by atoms with Crippen molar-refractivity contribution in [2.75, 3.05) is 7.11 Å². The highest BCUT2D eigenvalue weighted by Gasteiger charge is 1.91. The highest BCUT2D eigenvalue weighted by Crippen LogP contribution is 1.81. The number of hydrogen-bond acceptors (Lipinski definition) is 2. The second-order valence-corrected chi connectivity index (χ2v) is 2.21. The van der Waals surface area contributed by atoms with E-state index in [2.05, 4.69) is 40.3 Å². The number of hydrogen-bond donors (Lipinski definition) is 0. The largest absolute Gasteiger partial charge is 0.468 e. The maximum atomic E-state index is 10.8. The Labute approximate surface area is 97.0 Å². The third kappa shape index (κ3) is 10.1. The molecule has 0 amide bonds. The molecule has 0 fully saturated rings. The van der Waals surface area contributed by atoms with Crippen LogP contribution in [0.5, 0.6) is 0 Å². The minimum atomic E-state index is -2.20. The predicted molar refractivity (Wildman–Crippen MR) is 59.5 cm³/mol. The van der Waals surface area contributed by atoms with Crippen molar-refractivity contribution in [3.8, 4) is 35.5 Å². The molecule has 2 nitrogen and oxygen atoms in total. The Kier molecular flexibility index (Phi) is 5.08. The molecule has 0 heterocycles. The van der Waals surface area contributed by atoms with Crippen LogP contribution in [0.25, 0.3) is 0 Å². The maximum Gasteiger partial charge on any atom is 0.317 e. The van der Waals surface area contributed by atoms with E-state index < -0.39 is 18.7 Å². The number of methoxy groups -OCH3 is 1. The van der Waals surface area contributed by atoms with Crippen LogP contribution in [0, 0.1) is 35.5 Å². The van der Waals surface area contributed by atoms with Gasteiger partial charge in [-0.25, -0.2) is 0 Å². The van der Waals surface area contributed by atoms with Gasteiger partial charge in [0.05, 0.1) is 25.3 Å². The summed E-state index contributed by atoms with van der Waals surface area (Å²) in [7, 11) is 1.21. The van der Waals surface area contributed by atoms with E-state index in [9.17, 15) is 4.79 Å². The summed E-state index contributed by atoms with van der Waals surface area (Å²) >= 11 is 0. The van der Waals surface area contributed by atoms with Gasteiger partial charge < -0.3 is 4.74 Å². The van der Waals surface area contributed by atoms with Gasteiger partial charge in [-0.1, -0.05) is 36.5 Å². The van der Waals surface area contributed by atoms with Crippen LogP contribution in [0.2, 0.25) is 0 Å². The molecule has 0 aromatic carbocycles. The molecule has 2 heteroatoms. The van der Waals surface area contributed by atoms with Crippen LogP contribution in [0.3, 0.4) is 0 Å². The molecule has 0 aromatic heterocycles. The van der Waals surface area contributed by atoms with Crippen LogP contribution in [-0.2, 0) is 9.53 Å². The molecule has 0 spiro atoms. The van der Waals surface area contributed by atoms with Crippen molar-refractivity contribution in [2.45, 2.75) is 32.5 Å². The van der Waals surface area contributed by atoms with E-state index >= 15 is 0 Å². The molecule has 78 valence electrons. The van der Waals surface area contributed by atoms with Gasteiger partial charge in [0, 0.05) is 6.42 Å². The van der Waals surface area contributed by atoms with E-state index in [1.54, 1.807) is 6.92 Å². The van der Waals surface area contributed by atoms with Crippen molar-refractivity contribution in [3.05, 3.63) is 0 Å². The Morgan fingerprint density at radius 2 is 1.67 bits per heavy atom. The first-order chi connectivity index (χ1) is 8.72. The van der Waals surface area contributed by atoms with Gasteiger partial charge in [0.15, 0.2) is 0 Å². The molecular formula is C13H14O2. The standard InChI is InChI=1S/C13H14O2/c1-3-4-5-6-7-8-9-10-11-12-13(14)15-2/h3,6,9,12H2,1-2H3/i6D2,9D2. The molecular weight excluding hydrogens is 188 g/mol. The first kappa shape index (κ1) is 7.44. The third-order valence-corrected chi connectivity index (χ3v) is 1.13. The molecule has 0 aliphatic heterocycles. The van der Waals surface area contributed by atoms with E-state index in [-0.39, 0.29) is 6.42 Å². The summed E-state index contributed by atoms with van der Waals surface area (Å²) in [4.78, 5) is 10.8. The summed E-state index contributed by atoms with van der Waals surface area (Å²) < 4.78 is 34.0. The molecule has 0 aliphatic rings. The number of carbonyl (C=O) groups is 1. The SMILES string of the molecule is [2H]C([2H])(C#CCC)C#CC([2H])([2H])C#CCC(=O)OC. The lowest BCUT2D eigenvalue weighted by Crippen LogP contribution is -1.96. The third-order valence-electron chi connectivity index (χ3n) is 1.13. The van der Waals surface area contributed by atoms with Crippen molar-refractivity contribution in [1.29, 1.82) is 0 Å². The summed E-state index contributed by atoms with van der Waals surface area (Å²) in [5, 5.41) is 0. The fourth-order valence-electron chi connectivity index (χ4n) is 0.490. The van der Waals surface area contributed by atoms with Gasteiger partial charge in [-0.15, -0.1) is 5.92 Å². The van der Waals surface area contributed by atoms with E-state index in [1.165, 1.54) is 7.11 Å². The quantitative estimate of drug-likeness (QED) is 0.482. The zero-order chi connectivity index (χ0) is 14.9. The van der Waals surface area contributed by atoms with Crippen LogP contribution in [-0.4, -0.2) is 13.1 Å². The molecule has 0 bridgehead atoms. The van der Waals surface area contributed by atoms with Gasteiger partial charge in [-0.05, 0) is 0 Å². The second-order valence-electron chi connectivity index (χ2n) is 2.21. The number of rotatable bonds is 1. The van der Waals surface area contributed by atoms with E-state index in [4.69, 9.17) is 5.48 Å². The molecule has 0 N–H and O–H groups in total. The van der Waals surface area contributed by atoms with Crippen LogP contribution in [0.4, 0.5) is 0 Å². The molecule has 0 rings (SSSR count). The topological polar surface area (TPSA) is 26.3 Å². The Morgan fingerprint density at radius 1 is 1.13 bits per heavy atom. The highest BCUT2D eigenvalue weighted by molar-refractivity contribution is 5.72. The smallest absolute Gasteiger partial charge is 0.317 e. The lowest BCUT2D eigenvalue weighted by molar-refractivity contribution is -0.139. The van der Waals surface area contributed by atoms with Crippen molar-refractivity contribution >= 4 is 5.97 Å². The predicted octanol–water partition coefficient (Wildman–Crippen LogP) is 1.75. The molecule has 0 unspecified atom stereocenters. The maximum absolute atomic E-state index is 10.8. The summed E-state index contributed by atoms with van der Waals surface area (Å²) in [6.45, 7) is 1.77. The molecule has 15 heavy (non-hydrogen) atoms. The minimum absolute atomic E-state index is 0.236. The average molecular weight is 206 g/mol. The van der Waals surface area contributed by atoms with Gasteiger partial charge in [0.2, 0.25) is 0 Å². The van der Waals surface area contributed by atoms with E-state index in [0.29, 0.717) is 6.42 Å². The van der Waals surface area contributed by atoms with Crippen molar-refractivity contribution < 1.29 is 15.0 Å². The van der Waals surface area contributed by atoms with Gasteiger partial charge in [-0.2, -0.15) is 0 Å². The number of carbonyl (C=O) groups excluding carboxylic acids is 1. The molecule has 0 atom stereocenters. The normalized spacial score (nSPS) is 12.9. The molecule has 0 radical (unpaired) electrons. The molecule has 0 aromatic rings. The molecule has 0 saturated heterocycles. The van der Waals surface area contributed by atoms with Crippen molar-refractivity contribution in [2.24, 2.45) is 0 Å². The van der Waals surface area contributed by atoms with E-state index in [1.807, 2.05) is 0 Å². The van der Waals surface area contributed by atoms with Gasteiger partial charge >= 0.3 is 5.97 Å². The first-order valence-corrected chi connectivity index (χ1v) is 4.33. The highest BCUT2D eigenvalue weighted by atomic mass is 16.5. The van der Waals surface area contributed by atoms with Crippen LogP contribution in [0.15, 0.2) is 0 Å². The lowest BCUT2D eigenvalue weighted by atomic mass is 10.3. The van der Waals surface area contributed by atoms with Crippen LogP contribution >= 0.6 is 0 Å². The zero-order valence-corrected chi connectivity index (χ0v) is 8.73. The number of ether oxygens (including phenoxy) is 1. The van der Waals surface area contributed by atoms with E-state index in [0.717, 1.165) is 0 Å². The van der Waals surface area contributed by atoms with Crippen LogP contribution < -0.4 is 0 Å². The summed E-state index contributed by atoms with van der Waals surface area (Å²) in [6, 6.07) is 0. The van der Waals surface area contributed by atoms with Crippen LogP contribution in [0.1, 0.15) is 38.0 Å². The van der Waals surface area contributed by atoms with Crippen molar-refractivity contribution in [3.63, 3.8) is 0 Å². The number of esters is 1. The average Bonchev–Trinajstić information content (AvgIpc) is 2.34. The monoisotopic (exact) mass is 206 g/mol. The van der Waals surface area contributed by atoms with Gasteiger partial charge in [0.25, 0.3) is 0 Å². The minimum Gasteiger partial charge on any atom is -0.468 e. The van der Waals surface area contributed by atoms with Gasteiger partial charge in [-0.3, -0.25) is 4.79 Å². The fourth-order valence-corrected chi connectivity index (χ4v) is 0.490. The Balaban J connectivity index is 4.83. The lowest BCUT2D eigenvalue weighted by Gasteiger charge is -1.88. The summed E-state index contributed by atoms with van der Waals surface area (Å²) in [5.74, 6) is 12.9. The Morgan fingerprint density at radius 3 is 2.20 bits per heavy atom.